The number of rotatable bonds is 2. The zero-order valence-electron chi connectivity index (χ0n) is 9.88. The van der Waals surface area contributed by atoms with E-state index in [4.69, 9.17) is 5.11 Å². The number of hydrogen-bond acceptors (Lipinski definition) is 3. The van der Waals surface area contributed by atoms with Crippen molar-refractivity contribution < 1.29 is 14.7 Å². The van der Waals surface area contributed by atoms with Gasteiger partial charge in [0.15, 0.2) is 0 Å². The summed E-state index contributed by atoms with van der Waals surface area (Å²) in [7, 11) is 1.69. The smallest absolute Gasteiger partial charge is 0.311 e. The molecule has 0 aromatic carbocycles. The fourth-order valence-electron chi connectivity index (χ4n) is 2.05. The van der Waals surface area contributed by atoms with Crippen LogP contribution < -0.4 is 0 Å². The van der Waals surface area contributed by atoms with Gasteiger partial charge in [-0.2, -0.15) is 5.10 Å². The highest BCUT2D eigenvalue weighted by molar-refractivity contribution is 5.93. The molecule has 1 saturated heterocycles. The first kappa shape index (κ1) is 11.6. The number of nitrogens with zero attached hydrogens (tertiary/aromatic N) is 3. The maximum absolute atomic E-state index is 12.1. The summed E-state index contributed by atoms with van der Waals surface area (Å²) in [5.74, 6) is -1.01. The lowest BCUT2D eigenvalue weighted by atomic mass is 9.90. The van der Waals surface area contributed by atoms with Gasteiger partial charge >= 0.3 is 5.97 Å². The number of hydrogen-bond donors (Lipinski definition) is 1. The molecule has 1 aromatic rings. The Morgan fingerprint density at radius 1 is 1.53 bits per heavy atom. The number of amides is 1. The molecule has 0 bridgehead atoms. The van der Waals surface area contributed by atoms with Crippen LogP contribution in [0.3, 0.4) is 0 Å². The molecule has 1 fully saturated rings. The molecule has 1 aliphatic heterocycles. The minimum absolute atomic E-state index is 0.157. The van der Waals surface area contributed by atoms with E-state index in [2.05, 4.69) is 5.10 Å². The fourth-order valence-corrected chi connectivity index (χ4v) is 2.05. The van der Waals surface area contributed by atoms with Crippen LogP contribution in [0.5, 0.6) is 0 Å². The normalized spacial score (nSPS) is 24.0. The zero-order valence-corrected chi connectivity index (χ0v) is 9.88. The molecule has 0 radical (unpaired) electrons. The Bertz CT molecular complexity index is 468. The van der Waals surface area contributed by atoms with Gasteiger partial charge in [0.05, 0.1) is 5.41 Å². The van der Waals surface area contributed by atoms with Gasteiger partial charge in [0.1, 0.15) is 5.69 Å². The van der Waals surface area contributed by atoms with Gasteiger partial charge in [-0.3, -0.25) is 14.3 Å². The molecule has 0 spiro atoms. The molecule has 6 heteroatoms. The number of carboxylic acid groups (broad SMARTS) is 1. The van der Waals surface area contributed by atoms with Gasteiger partial charge in [-0.05, 0) is 19.4 Å². The minimum atomic E-state index is -0.849. The zero-order chi connectivity index (χ0) is 12.6. The maximum Gasteiger partial charge on any atom is 0.311 e. The van der Waals surface area contributed by atoms with Crippen LogP contribution in [0.25, 0.3) is 0 Å². The number of carbonyl (C=O) groups is 2. The molecule has 1 atom stereocenters. The molecule has 0 saturated carbocycles. The summed E-state index contributed by atoms with van der Waals surface area (Å²) in [6.07, 6.45) is 2.05. The molecule has 2 heterocycles. The van der Waals surface area contributed by atoms with Gasteiger partial charge in [-0.25, -0.2) is 0 Å². The third-order valence-corrected chi connectivity index (χ3v) is 3.32. The first-order valence-electron chi connectivity index (χ1n) is 5.45. The topological polar surface area (TPSA) is 75.4 Å². The molecule has 17 heavy (non-hydrogen) atoms. The predicted molar refractivity (Wildman–Crippen MR) is 59.5 cm³/mol. The van der Waals surface area contributed by atoms with Crippen LogP contribution in [0.4, 0.5) is 0 Å². The monoisotopic (exact) mass is 237 g/mol. The Morgan fingerprint density at radius 2 is 2.24 bits per heavy atom. The van der Waals surface area contributed by atoms with E-state index in [1.807, 2.05) is 0 Å². The highest BCUT2D eigenvalue weighted by Gasteiger charge is 2.42. The van der Waals surface area contributed by atoms with E-state index in [9.17, 15) is 9.59 Å². The van der Waals surface area contributed by atoms with Crippen molar-refractivity contribution in [2.24, 2.45) is 12.5 Å². The van der Waals surface area contributed by atoms with E-state index in [1.165, 1.54) is 4.68 Å². The first-order chi connectivity index (χ1) is 7.94. The highest BCUT2D eigenvalue weighted by Crippen LogP contribution is 2.30. The number of aromatic nitrogens is 2. The summed E-state index contributed by atoms with van der Waals surface area (Å²) < 4.78 is 1.50. The number of aliphatic carboxylic acids is 1. The lowest BCUT2D eigenvalue weighted by Gasteiger charge is -2.20. The number of carbonyl (C=O) groups excluding carboxylic acids is 1. The number of likely N-dealkylation sites (tertiary alicyclic amines) is 1. The van der Waals surface area contributed by atoms with Gasteiger partial charge in [-0.1, -0.05) is 0 Å². The van der Waals surface area contributed by atoms with Crippen LogP contribution in [0, 0.1) is 5.41 Å². The highest BCUT2D eigenvalue weighted by atomic mass is 16.4. The van der Waals surface area contributed by atoms with E-state index < -0.39 is 11.4 Å². The van der Waals surface area contributed by atoms with Crippen molar-refractivity contribution >= 4 is 11.9 Å². The van der Waals surface area contributed by atoms with Gasteiger partial charge in [0.25, 0.3) is 5.91 Å². The quantitative estimate of drug-likeness (QED) is 0.805. The Labute approximate surface area is 98.8 Å². The van der Waals surface area contributed by atoms with Gasteiger partial charge in [0, 0.05) is 26.3 Å². The van der Waals surface area contributed by atoms with Crippen molar-refractivity contribution in [1.29, 1.82) is 0 Å². The Balaban J connectivity index is 2.15. The summed E-state index contributed by atoms with van der Waals surface area (Å²) in [4.78, 5) is 24.8. The summed E-state index contributed by atoms with van der Waals surface area (Å²) >= 11 is 0. The van der Waals surface area contributed by atoms with Crippen LogP contribution in [0.1, 0.15) is 23.8 Å². The largest absolute Gasteiger partial charge is 0.481 e. The van der Waals surface area contributed by atoms with E-state index in [-0.39, 0.29) is 12.5 Å². The Hall–Kier alpha value is -1.85. The van der Waals surface area contributed by atoms with Crippen molar-refractivity contribution in [3.05, 3.63) is 18.0 Å². The standard InChI is InChI=1S/C11H15N3O3/c1-11(10(16)17)4-6-14(7-11)9(15)8-3-5-12-13(8)2/h3,5H,4,6-7H2,1-2H3,(H,16,17). The lowest BCUT2D eigenvalue weighted by Crippen LogP contribution is -2.35. The van der Waals surface area contributed by atoms with E-state index in [0.717, 1.165) is 0 Å². The molecule has 1 amide bonds. The van der Waals surface area contributed by atoms with Crippen molar-refractivity contribution in [1.82, 2.24) is 14.7 Å². The summed E-state index contributed by atoms with van der Waals surface area (Å²) in [5, 5.41) is 13.0. The second kappa shape index (κ2) is 3.87. The van der Waals surface area contributed by atoms with Crippen LogP contribution in [0.15, 0.2) is 12.3 Å². The van der Waals surface area contributed by atoms with Crippen molar-refractivity contribution in [3.8, 4) is 0 Å². The molecule has 1 aliphatic rings. The van der Waals surface area contributed by atoms with Crippen molar-refractivity contribution in [2.75, 3.05) is 13.1 Å². The van der Waals surface area contributed by atoms with E-state index >= 15 is 0 Å². The fraction of sp³-hybridized carbons (Fsp3) is 0.545. The number of aryl methyl sites for hydroxylation is 1. The van der Waals surface area contributed by atoms with Crippen molar-refractivity contribution in [2.45, 2.75) is 13.3 Å². The average Bonchev–Trinajstić information content (AvgIpc) is 2.85. The molecule has 1 unspecified atom stereocenters. The Morgan fingerprint density at radius 3 is 2.71 bits per heavy atom. The molecule has 0 aliphatic carbocycles. The first-order valence-corrected chi connectivity index (χ1v) is 5.45. The maximum atomic E-state index is 12.1. The molecular weight excluding hydrogens is 222 g/mol. The lowest BCUT2D eigenvalue weighted by molar-refractivity contribution is -0.147. The van der Waals surface area contributed by atoms with E-state index in [1.54, 1.807) is 31.1 Å². The predicted octanol–water partition coefficient (Wildman–Crippen LogP) is 0.357. The molecule has 1 N–H and O–H groups in total. The van der Waals surface area contributed by atoms with Crippen LogP contribution in [-0.2, 0) is 11.8 Å². The SMILES string of the molecule is Cn1nccc1C(=O)N1CCC(C)(C(=O)O)C1. The third-order valence-electron chi connectivity index (χ3n) is 3.32. The summed E-state index contributed by atoms with van der Waals surface area (Å²) in [6.45, 7) is 2.41. The average molecular weight is 237 g/mol. The van der Waals surface area contributed by atoms with E-state index in [0.29, 0.717) is 18.7 Å². The van der Waals surface area contributed by atoms with Crippen LogP contribution in [0.2, 0.25) is 0 Å². The summed E-state index contributed by atoms with van der Waals surface area (Å²) in [5.41, 5.74) is -0.339. The molecule has 6 nitrogen and oxygen atoms in total. The second-order valence-electron chi connectivity index (χ2n) is 4.68. The van der Waals surface area contributed by atoms with Gasteiger partial charge in [0.2, 0.25) is 0 Å². The molecule has 92 valence electrons. The second-order valence-corrected chi connectivity index (χ2v) is 4.68. The Kier molecular flexibility index (Phi) is 2.65. The van der Waals surface area contributed by atoms with Crippen LogP contribution >= 0.6 is 0 Å². The van der Waals surface area contributed by atoms with Crippen molar-refractivity contribution in [3.63, 3.8) is 0 Å². The minimum Gasteiger partial charge on any atom is -0.481 e. The number of carboxylic acids is 1. The molecular formula is C11H15N3O3. The van der Waals surface area contributed by atoms with Gasteiger partial charge in [-0.15, -0.1) is 0 Å². The molecule has 2 rings (SSSR count). The summed E-state index contributed by atoms with van der Waals surface area (Å²) in [6, 6.07) is 1.64. The van der Waals surface area contributed by atoms with Crippen LogP contribution in [-0.4, -0.2) is 44.8 Å². The van der Waals surface area contributed by atoms with Gasteiger partial charge < -0.3 is 10.0 Å². The molecule has 1 aromatic heterocycles. The third kappa shape index (κ3) is 1.90.